The standard InChI is InChI=1S/C17H23N3O2S.CH4/c1-2-15(21)20-9-3-4-13(10-20)17-19-14(11-23-17)7-8-18-16(22)12-5-6-12;/h2,11-13H,1,3-10H2,(H,18,22);1H4. The average molecular weight is 350 g/mol. The van der Waals surface area contributed by atoms with Crippen molar-refractivity contribution in [2.75, 3.05) is 19.6 Å². The average Bonchev–Trinajstić information content (AvgIpc) is 3.33. The van der Waals surface area contributed by atoms with Gasteiger partial charge in [0, 0.05) is 43.3 Å². The Morgan fingerprint density at radius 3 is 2.92 bits per heavy atom. The summed E-state index contributed by atoms with van der Waals surface area (Å²) in [7, 11) is 0. The van der Waals surface area contributed by atoms with E-state index in [1.165, 1.54) is 6.08 Å². The minimum absolute atomic E-state index is 0. The highest BCUT2D eigenvalue weighted by Crippen LogP contribution is 2.30. The molecule has 1 unspecified atom stereocenters. The molecule has 2 heterocycles. The van der Waals surface area contributed by atoms with Crippen molar-refractivity contribution in [3.05, 3.63) is 28.7 Å². The van der Waals surface area contributed by atoms with E-state index in [-0.39, 0.29) is 25.2 Å². The van der Waals surface area contributed by atoms with Crippen LogP contribution in [-0.4, -0.2) is 41.3 Å². The van der Waals surface area contributed by atoms with E-state index in [1.807, 2.05) is 4.90 Å². The zero-order valence-electron chi connectivity index (χ0n) is 13.3. The van der Waals surface area contributed by atoms with Crippen LogP contribution in [0.4, 0.5) is 0 Å². The van der Waals surface area contributed by atoms with Crippen molar-refractivity contribution in [3.63, 3.8) is 0 Å². The fraction of sp³-hybridized carbons (Fsp3) is 0.611. The number of amides is 2. The number of nitrogens with zero attached hydrogens (tertiary/aromatic N) is 2. The van der Waals surface area contributed by atoms with Crippen LogP contribution in [0.1, 0.15) is 49.7 Å². The Bertz CT molecular complexity index is 595. The van der Waals surface area contributed by atoms with Crippen molar-refractivity contribution in [2.45, 2.75) is 45.4 Å². The first kappa shape index (κ1) is 18.6. The van der Waals surface area contributed by atoms with Gasteiger partial charge in [-0.15, -0.1) is 11.3 Å². The summed E-state index contributed by atoms with van der Waals surface area (Å²) in [5.74, 6) is 0.782. The van der Waals surface area contributed by atoms with Gasteiger partial charge in [-0.2, -0.15) is 0 Å². The molecular formula is C18H27N3O2S. The molecule has 2 fully saturated rings. The summed E-state index contributed by atoms with van der Waals surface area (Å²) in [6, 6.07) is 0. The molecule has 6 heteroatoms. The Kier molecular flexibility index (Phi) is 6.54. The highest BCUT2D eigenvalue weighted by Gasteiger charge is 2.29. The van der Waals surface area contributed by atoms with Crippen molar-refractivity contribution in [1.29, 1.82) is 0 Å². The van der Waals surface area contributed by atoms with Crippen molar-refractivity contribution < 1.29 is 9.59 Å². The van der Waals surface area contributed by atoms with Gasteiger partial charge in [0.1, 0.15) is 0 Å². The van der Waals surface area contributed by atoms with Crippen molar-refractivity contribution in [1.82, 2.24) is 15.2 Å². The van der Waals surface area contributed by atoms with Gasteiger partial charge in [0.15, 0.2) is 0 Å². The van der Waals surface area contributed by atoms with Crippen LogP contribution in [0.2, 0.25) is 0 Å². The lowest BCUT2D eigenvalue weighted by atomic mass is 9.98. The van der Waals surface area contributed by atoms with E-state index < -0.39 is 0 Å². The lowest BCUT2D eigenvalue weighted by Gasteiger charge is -2.31. The van der Waals surface area contributed by atoms with Crippen LogP contribution in [0, 0.1) is 5.92 Å². The summed E-state index contributed by atoms with van der Waals surface area (Å²) in [5, 5.41) is 6.16. The molecule has 1 N–H and O–H groups in total. The largest absolute Gasteiger partial charge is 0.355 e. The predicted octanol–water partition coefficient (Wildman–Crippen LogP) is 2.74. The van der Waals surface area contributed by atoms with Crippen LogP contribution < -0.4 is 5.32 Å². The molecule has 0 radical (unpaired) electrons. The molecule has 1 atom stereocenters. The SMILES string of the molecule is C.C=CC(=O)N1CCCC(c2nc(CCNC(=O)C3CC3)cs2)C1. The number of rotatable bonds is 6. The van der Waals surface area contributed by atoms with Crippen LogP contribution in [0.15, 0.2) is 18.0 Å². The first-order chi connectivity index (χ1) is 11.2. The molecule has 0 spiro atoms. The van der Waals surface area contributed by atoms with Gasteiger partial charge in [-0.25, -0.2) is 4.98 Å². The lowest BCUT2D eigenvalue weighted by molar-refractivity contribution is -0.127. The third-order valence-electron chi connectivity index (χ3n) is 4.45. The van der Waals surface area contributed by atoms with E-state index in [0.29, 0.717) is 12.5 Å². The fourth-order valence-corrected chi connectivity index (χ4v) is 3.92. The number of carbonyl (C=O) groups excluding carboxylic acids is 2. The predicted molar refractivity (Wildman–Crippen MR) is 97.0 cm³/mol. The second-order valence-corrected chi connectivity index (χ2v) is 7.21. The monoisotopic (exact) mass is 349 g/mol. The van der Waals surface area contributed by atoms with E-state index in [9.17, 15) is 9.59 Å². The molecule has 132 valence electrons. The van der Waals surface area contributed by atoms with Crippen molar-refractivity contribution in [3.8, 4) is 0 Å². The van der Waals surface area contributed by atoms with Crippen molar-refractivity contribution >= 4 is 23.2 Å². The number of hydrogen-bond donors (Lipinski definition) is 1. The van der Waals surface area contributed by atoms with Gasteiger partial charge >= 0.3 is 0 Å². The third kappa shape index (κ3) is 4.66. The minimum Gasteiger partial charge on any atom is -0.355 e. The molecule has 3 rings (SSSR count). The van der Waals surface area contributed by atoms with E-state index in [4.69, 9.17) is 4.98 Å². The normalized spacial score (nSPS) is 20.2. The number of hydrogen-bond acceptors (Lipinski definition) is 4. The number of nitrogens with one attached hydrogen (secondary N) is 1. The Hall–Kier alpha value is -1.69. The Morgan fingerprint density at radius 1 is 1.42 bits per heavy atom. The number of carbonyl (C=O) groups is 2. The van der Waals surface area contributed by atoms with Gasteiger partial charge < -0.3 is 10.2 Å². The Balaban J connectivity index is 0.00000208. The van der Waals surface area contributed by atoms with Gasteiger partial charge in [0.25, 0.3) is 0 Å². The second-order valence-electron chi connectivity index (χ2n) is 6.32. The molecule has 1 aliphatic heterocycles. The molecule has 0 aromatic carbocycles. The molecule has 1 saturated carbocycles. The van der Waals surface area contributed by atoms with Gasteiger partial charge in [0.05, 0.1) is 10.7 Å². The highest BCUT2D eigenvalue weighted by atomic mass is 32.1. The Labute approximate surface area is 148 Å². The maximum absolute atomic E-state index is 11.8. The van der Waals surface area contributed by atoms with Gasteiger partial charge in [-0.05, 0) is 31.8 Å². The van der Waals surface area contributed by atoms with E-state index in [1.54, 1.807) is 11.3 Å². The first-order valence-corrected chi connectivity index (χ1v) is 9.18. The van der Waals surface area contributed by atoms with E-state index >= 15 is 0 Å². The first-order valence-electron chi connectivity index (χ1n) is 8.30. The molecule has 5 nitrogen and oxygen atoms in total. The topological polar surface area (TPSA) is 62.3 Å². The van der Waals surface area contributed by atoms with Gasteiger partial charge in [-0.3, -0.25) is 9.59 Å². The van der Waals surface area contributed by atoms with Crippen LogP contribution in [0.3, 0.4) is 0 Å². The minimum atomic E-state index is 0. The van der Waals surface area contributed by atoms with E-state index in [2.05, 4.69) is 17.3 Å². The van der Waals surface area contributed by atoms with Crippen molar-refractivity contribution in [2.24, 2.45) is 5.92 Å². The molecule has 2 aliphatic rings. The zero-order valence-corrected chi connectivity index (χ0v) is 14.1. The quantitative estimate of drug-likeness (QED) is 0.803. The summed E-state index contributed by atoms with van der Waals surface area (Å²) in [6.07, 6.45) is 6.32. The molecule has 1 saturated heterocycles. The van der Waals surface area contributed by atoms with E-state index in [0.717, 1.165) is 55.9 Å². The van der Waals surface area contributed by atoms with Crippen LogP contribution >= 0.6 is 11.3 Å². The maximum Gasteiger partial charge on any atom is 0.245 e. The molecular weight excluding hydrogens is 322 g/mol. The summed E-state index contributed by atoms with van der Waals surface area (Å²) in [5.41, 5.74) is 1.04. The van der Waals surface area contributed by atoms with Crippen LogP contribution in [-0.2, 0) is 16.0 Å². The summed E-state index contributed by atoms with van der Waals surface area (Å²) in [6.45, 7) is 5.77. The van der Waals surface area contributed by atoms with Crippen LogP contribution in [0.25, 0.3) is 0 Å². The number of likely N-dealkylation sites (tertiary alicyclic amines) is 1. The molecule has 1 aliphatic carbocycles. The van der Waals surface area contributed by atoms with Gasteiger partial charge in [0.2, 0.25) is 11.8 Å². The van der Waals surface area contributed by atoms with Crippen LogP contribution in [0.5, 0.6) is 0 Å². The molecule has 0 bridgehead atoms. The molecule has 1 aromatic rings. The molecule has 24 heavy (non-hydrogen) atoms. The number of piperidine rings is 1. The highest BCUT2D eigenvalue weighted by molar-refractivity contribution is 7.09. The smallest absolute Gasteiger partial charge is 0.245 e. The lowest BCUT2D eigenvalue weighted by Crippen LogP contribution is -2.38. The third-order valence-corrected chi connectivity index (χ3v) is 5.51. The second kappa shape index (κ2) is 8.42. The summed E-state index contributed by atoms with van der Waals surface area (Å²) in [4.78, 5) is 29.9. The maximum atomic E-state index is 11.8. The summed E-state index contributed by atoms with van der Waals surface area (Å²) < 4.78 is 0. The summed E-state index contributed by atoms with van der Waals surface area (Å²) >= 11 is 1.67. The fourth-order valence-electron chi connectivity index (χ4n) is 2.94. The Morgan fingerprint density at radius 2 is 2.21 bits per heavy atom. The number of aromatic nitrogens is 1. The molecule has 2 amide bonds. The zero-order chi connectivity index (χ0) is 16.2. The molecule has 1 aromatic heterocycles. The van der Waals surface area contributed by atoms with Gasteiger partial charge in [-0.1, -0.05) is 14.0 Å². The number of thiazole rings is 1.